The fourth-order valence-corrected chi connectivity index (χ4v) is 2.16. The van der Waals surface area contributed by atoms with Gasteiger partial charge in [-0.1, -0.05) is 42.6 Å². The minimum Gasteiger partial charge on any atom is -0.329 e. The first-order valence-electron chi connectivity index (χ1n) is 5.95. The highest BCUT2D eigenvalue weighted by Crippen LogP contribution is 2.27. The average Bonchev–Trinajstić information content (AvgIpc) is 2.32. The van der Waals surface area contributed by atoms with Crippen molar-refractivity contribution in [1.82, 2.24) is 4.90 Å². The molecule has 2 N–H and O–H groups in total. The lowest BCUT2D eigenvalue weighted by Crippen LogP contribution is -2.31. The highest BCUT2D eigenvalue weighted by Gasteiger charge is 2.15. The Morgan fingerprint density at radius 1 is 1.29 bits per heavy atom. The third kappa shape index (κ3) is 4.14. The molecule has 1 rings (SSSR count). The van der Waals surface area contributed by atoms with Crippen molar-refractivity contribution in [3.63, 3.8) is 0 Å². The Labute approximate surface area is 114 Å². The maximum absolute atomic E-state index is 6.03. The van der Waals surface area contributed by atoms with Gasteiger partial charge in [-0.2, -0.15) is 0 Å². The molecule has 96 valence electrons. The number of benzene rings is 1. The predicted molar refractivity (Wildman–Crippen MR) is 75.8 cm³/mol. The quantitative estimate of drug-likeness (QED) is 0.857. The molecule has 0 aliphatic rings. The van der Waals surface area contributed by atoms with Gasteiger partial charge in [0, 0.05) is 12.6 Å². The maximum Gasteiger partial charge on any atom is 0.0595 e. The van der Waals surface area contributed by atoms with Crippen LogP contribution in [0.2, 0.25) is 10.0 Å². The van der Waals surface area contributed by atoms with Gasteiger partial charge in [-0.05, 0) is 37.7 Å². The molecule has 1 aromatic carbocycles. The smallest absolute Gasteiger partial charge is 0.0595 e. The number of rotatable bonds is 6. The van der Waals surface area contributed by atoms with E-state index in [1.807, 2.05) is 18.2 Å². The zero-order chi connectivity index (χ0) is 12.8. The highest BCUT2D eigenvalue weighted by atomic mass is 35.5. The van der Waals surface area contributed by atoms with Gasteiger partial charge in [-0.3, -0.25) is 4.90 Å². The van der Waals surface area contributed by atoms with Crippen molar-refractivity contribution in [3.05, 3.63) is 33.8 Å². The normalized spacial score (nSPS) is 13.1. The SMILES string of the molecule is CCCCN(C)C(CN)c1ccc(Cl)c(Cl)c1. The molecule has 0 aromatic heterocycles. The first-order chi connectivity index (χ1) is 8.10. The summed E-state index contributed by atoms with van der Waals surface area (Å²) in [5.41, 5.74) is 6.97. The van der Waals surface area contributed by atoms with E-state index in [-0.39, 0.29) is 6.04 Å². The van der Waals surface area contributed by atoms with E-state index in [4.69, 9.17) is 28.9 Å². The summed E-state index contributed by atoms with van der Waals surface area (Å²) >= 11 is 11.9. The fourth-order valence-electron chi connectivity index (χ4n) is 1.85. The van der Waals surface area contributed by atoms with Crippen LogP contribution < -0.4 is 5.73 Å². The second kappa shape index (κ2) is 7.22. The lowest BCUT2D eigenvalue weighted by molar-refractivity contribution is 0.246. The molecule has 4 heteroatoms. The Balaban J connectivity index is 2.81. The topological polar surface area (TPSA) is 29.3 Å². The van der Waals surface area contributed by atoms with Gasteiger partial charge in [0.2, 0.25) is 0 Å². The molecule has 1 unspecified atom stereocenters. The van der Waals surface area contributed by atoms with Crippen molar-refractivity contribution in [2.24, 2.45) is 5.73 Å². The highest BCUT2D eigenvalue weighted by molar-refractivity contribution is 6.42. The van der Waals surface area contributed by atoms with Gasteiger partial charge in [-0.25, -0.2) is 0 Å². The van der Waals surface area contributed by atoms with E-state index in [0.29, 0.717) is 16.6 Å². The number of halogens is 2. The Kier molecular flexibility index (Phi) is 6.28. The van der Waals surface area contributed by atoms with Crippen molar-refractivity contribution < 1.29 is 0 Å². The first-order valence-corrected chi connectivity index (χ1v) is 6.71. The minimum atomic E-state index is 0.205. The summed E-state index contributed by atoms with van der Waals surface area (Å²) in [4.78, 5) is 2.27. The summed E-state index contributed by atoms with van der Waals surface area (Å²) in [6.45, 7) is 3.81. The number of unbranched alkanes of at least 4 members (excludes halogenated alkanes) is 1. The number of nitrogens with zero attached hydrogens (tertiary/aromatic N) is 1. The van der Waals surface area contributed by atoms with E-state index in [2.05, 4.69) is 18.9 Å². The van der Waals surface area contributed by atoms with E-state index in [1.54, 1.807) is 0 Å². The molecule has 1 atom stereocenters. The van der Waals surface area contributed by atoms with Gasteiger partial charge in [0.15, 0.2) is 0 Å². The largest absolute Gasteiger partial charge is 0.329 e. The summed E-state index contributed by atoms with van der Waals surface area (Å²) < 4.78 is 0. The molecule has 0 fully saturated rings. The molecule has 17 heavy (non-hydrogen) atoms. The van der Waals surface area contributed by atoms with Crippen LogP contribution >= 0.6 is 23.2 Å². The molecular formula is C13H20Cl2N2. The Morgan fingerprint density at radius 2 is 2.00 bits per heavy atom. The van der Waals surface area contributed by atoms with Crippen molar-refractivity contribution in [2.45, 2.75) is 25.8 Å². The van der Waals surface area contributed by atoms with Crippen LogP contribution in [-0.2, 0) is 0 Å². The van der Waals surface area contributed by atoms with E-state index >= 15 is 0 Å². The summed E-state index contributed by atoms with van der Waals surface area (Å²) in [6.07, 6.45) is 2.36. The summed E-state index contributed by atoms with van der Waals surface area (Å²) in [5, 5.41) is 1.17. The molecule has 0 heterocycles. The molecule has 0 saturated carbocycles. The summed E-state index contributed by atoms with van der Waals surface area (Å²) in [5.74, 6) is 0. The molecular weight excluding hydrogens is 255 g/mol. The molecule has 0 bridgehead atoms. The van der Waals surface area contributed by atoms with E-state index in [0.717, 1.165) is 12.1 Å². The van der Waals surface area contributed by atoms with Crippen LogP contribution in [0.25, 0.3) is 0 Å². The zero-order valence-corrected chi connectivity index (χ0v) is 11.9. The lowest BCUT2D eigenvalue weighted by atomic mass is 10.1. The Hall–Kier alpha value is -0.280. The van der Waals surface area contributed by atoms with Crippen LogP contribution in [0.4, 0.5) is 0 Å². The molecule has 2 nitrogen and oxygen atoms in total. The number of hydrogen-bond donors (Lipinski definition) is 1. The van der Waals surface area contributed by atoms with Crippen LogP contribution in [0.3, 0.4) is 0 Å². The van der Waals surface area contributed by atoms with Crippen molar-refractivity contribution >= 4 is 23.2 Å². The Bertz CT molecular complexity index is 355. The molecule has 0 amide bonds. The summed E-state index contributed by atoms with van der Waals surface area (Å²) in [6, 6.07) is 5.93. The second-order valence-electron chi connectivity index (χ2n) is 4.26. The van der Waals surface area contributed by atoms with Crippen LogP contribution in [-0.4, -0.2) is 25.0 Å². The van der Waals surface area contributed by atoms with Gasteiger partial charge in [0.05, 0.1) is 10.0 Å². The van der Waals surface area contributed by atoms with E-state index in [9.17, 15) is 0 Å². The third-order valence-electron chi connectivity index (χ3n) is 2.95. The zero-order valence-electron chi connectivity index (χ0n) is 10.4. The number of hydrogen-bond acceptors (Lipinski definition) is 2. The van der Waals surface area contributed by atoms with Crippen LogP contribution in [0.1, 0.15) is 31.4 Å². The third-order valence-corrected chi connectivity index (χ3v) is 3.69. The number of nitrogens with two attached hydrogens (primary N) is 1. The van der Waals surface area contributed by atoms with Gasteiger partial charge >= 0.3 is 0 Å². The maximum atomic E-state index is 6.03. The van der Waals surface area contributed by atoms with Gasteiger partial charge in [-0.15, -0.1) is 0 Å². The van der Waals surface area contributed by atoms with Crippen molar-refractivity contribution in [2.75, 3.05) is 20.1 Å². The molecule has 0 aliphatic heterocycles. The van der Waals surface area contributed by atoms with E-state index < -0.39 is 0 Å². The van der Waals surface area contributed by atoms with Crippen molar-refractivity contribution in [1.29, 1.82) is 0 Å². The first kappa shape index (κ1) is 14.8. The Morgan fingerprint density at radius 3 is 2.53 bits per heavy atom. The number of likely N-dealkylation sites (N-methyl/N-ethyl adjacent to an activating group) is 1. The molecule has 0 spiro atoms. The standard InChI is InChI=1S/C13H20Cl2N2/c1-3-4-7-17(2)13(9-16)10-5-6-11(14)12(15)8-10/h5-6,8,13H,3-4,7,9,16H2,1-2H3. The van der Waals surface area contributed by atoms with Crippen LogP contribution in [0, 0.1) is 0 Å². The fraction of sp³-hybridized carbons (Fsp3) is 0.538. The molecule has 1 aromatic rings. The molecule has 0 aliphatic carbocycles. The molecule has 0 saturated heterocycles. The van der Waals surface area contributed by atoms with Crippen LogP contribution in [0.5, 0.6) is 0 Å². The van der Waals surface area contributed by atoms with Crippen molar-refractivity contribution in [3.8, 4) is 0 Å². The minimum absolute atomic E-state index is 0.205. The lowest BCUT2D eigenvalue weighted by Gasteiger charge is -2.27. The van der Waals surface area contributed by atoms with E-state index in [1.165, 1.54) is 12.8 Å². The molecule has 0 radical (unpaired) electrons. The average molecular weight is 275 g/mol. The predicted octanol–water partition coefficient (Wildman–Crippen LogP) is 3.73. The van der Waals surface area contributed by atoms with Crippen LogP contribution in [0.15, 0.2) is 18.2 Å². The van der Waals surface area contributed by atoms with Gasteiger partial charge in [0.25, 0.3) is 0 Å². The van der Waals surface area contributed by atoms with Gasteiger partial charge < -0.3 is 5.73 Å². The summed E-state index contributed by atoms with van der Waals surface area (Å²) in [7, 11) is 2.09. The second-order valence-corrected chi connectivity index (χ2v) is 5.07. The monoisotopic (exact) mass is 274 g/mol. The van der Waals surface area contributed by atoms with Gasteiger partial charge in [0.1, 0.15) is 0 Å².